The van der Waals surface area contributed by atoms with Gasteiger partial charge in [0.2, 0.25) is 0 Å². The van der Waals surface area contributed by atoms with Gasteiger partial charge in [-0.15, -0.1) is 0 Å². The van der Waals surface area contributed by atoms with Gasteiger partial charge < -0.3 is 15.0 Å². The highest BCUT2D eigenvalue weighted by Gasteiger charge is 2.13. The molecule has 1 fully saturated rings. The summed E-state index contributed by atoms with van der Waals surface area (Å²) in [4.78, 5) is 26.7. The Kier molecular flexibility index (Phi) is 7.95. The van der Waals surface area contributed by atoms with Gasteiger partial charge in [0.1, 0.15) is 11.6 Å². The summed E-state index contributed by atoms with van der Waals surface area (Å²) < 4.78 is 18.4. The normalized spacial score (nSPS) is 13.1. The number of hydrogen-bond acceptors (Lipinski definition) is 5. The van der Waals surface area contributed by atoms with E-state index in [0.29, 0.717) is 22.6 Å². The van der Waals surface area contributed by atoms with Gasteiger partial charge >= 0.3 is 0 Å². The van der Waals surface area contributed by atoms with Crippen LogP contribution in [0.1, 0.15) is 28.8 Å². The van der Waals surface area contributed by atoms with E-state index in [9.17, 15) is 14.0 Å². The zero-order valence-electron chi connectivity index (χ0n) is 18.8. The summed E-state index contributed by atoms with van der Waals surface area (Å²) in [5, 5.41) is 6.88. The van der Waals surface area contributed by atoms with E-state index in [-0.39, 0.29) is 23.4 Å². The number of nitrogens with one attached hydrogen (secondary N) is 2. The summed E-state index contributed by atoms with van der Waals surface area (Å²) >= 11 is 6.25. The van der Waals surface area contributed by atoms with E-state index in [1.54, 1.807) is 30.3 Å². The Morgan fingerprint density at radius 3 is 2.43 bits per heavy atom. The van der Waals surface area contributed by atoms with Gasteiger partial charge in [0.15, 0.2) is 6.61 Å². The zero-order valence-corrected chi connectivity index (χ0v) is 19.6. The highest BCUT2D eigenvalue weighted by molar-refractivity contribution is 6.32. The number of rotatable bonds is 8. The van der Waals surface area contributed by atoms with Crippen LogP contribution in [-0.2, 0) is 4.79 Å². The largest absolute Gasteiger partial charge is 0.482 e. The summed E-state index contributed by atoms with van der Waals surface area (Å²) in [7, 11) is 0. The lowest BCUT2D eigenvalue weighted by Gasteiger charge is -2.17. The molecule has 0 spiro atoms. The molecular weight excluding hydrogens is 471 g/mol. The number of anilines is 2. The van der Waals surface area contributed by atoms with Crippen molar-refractivity contribution in [2.75, 3.05) is 29.9 Å². The van der Waals surface area contributed by atoms with Crippen molar-refractivity contribution in [3.63, 3.8) is 0 Å². The lowest BCUT2D eigenvalue weighted by atomic mass is 10.2. The number of hydrogen-bond donors (Lipinski definition) is 2. The second-order valence-corrected chi connectivity index (χ2v) is 8.38. The molecule has 1 aliphatic heterocycles. The summed E-state index contributed by atoms with van der Waals surface area (Å²) in [6.45, 7) is 1.83. The fourth-order valence-electron chi connectivity index (χ4n) is 3.62. The predicted octanol–water partition coefficient (Wildman–Crippen LogP) is 4.86. The molecule has 3 aromatic carbocycles. The van der Waals surface area contributed by atoms with Crippen LogP contribution < -0.4 is 20.4 Å². The average molecular weight is 495 g/mol. The summed E-state index contributed by atoms with van der Waals surface area (Å²) in [6, 6.07) is 17.8. The Bertz CT molecular complexity index is 1210. The van der Waals surface area contributed by atoms with Gasteiger partial charge in [0, 0.05) is 30.0 Å². The first kappa shape index (κ1) is 24.2. The minimum absolute atomic E-state index is 0.267. The molecule has 3 aromatic rings. The van der Waals surface area contributed by atoms with Crippen molar-refractivity contribution in [1.29, 1.82) is 0 Å². The summed E-state index contributed by atoms with van der Waals surface area (Å²) in [6.07, 6.45) is 3.86. The molecule has 0 bridgehead atoms. The van der Waals surface area contributed by atoms with Crippen LogP contribution in [0.3, 0.4) is 0 Å². The number of carbonyl (C=O) groups excluding carboxylic acids is 2. The van der Waals surface area contributed by atoms with Crippen molar-refractivity contribution in [1.82, 2.24) is 5.43 Å². The van der Waals surface area contributed by atoms with Crippen molar-refractivity contribution in [2.24, 2.45) is 5.10 Å². The van der Waals surface area contributed by atoms with Gasteiger partial charge in [-0.1, -0.05) is 11.6 Å². The van der Waals surface area contributed by atoms with Crippen LogP contribution in [0.25, 0.3) is 0 Å². The standard InChI is InChI=1S/C26H24ClFN4O3/c27-23-15-18(3-12-24(23)35-17-25(33)30-21-8-6-20(28)7-9-21)16-29-31-26(34)19-4-10-22(11-5-19)32-13-1-2-14-32/h3-12,15-16H,1-2,13-14,17H2,(H,30,33)(H,31,34)/b29-16-. The lowest BCUT2D eigenvalue weighted by molar-refractivity contribution is -0.118. The van der Waals surface area contributed by atoms with Crippen LogP contribution >= 0.6 is 11.6 Å². The molecular formula is C26H24ClFN4O3. The quantitative estimate of drug-likeness (QED) is 0.346. The van der Waals surface area contributed by atoms with E-state index in [1.807, 2.05) is 12.1 Å². The molecule has 9 heteroatoms. The number of benzene rings is 3. The van der Waals surface area contributed by atoms with E-state index in [1.165, 1.54) is 43.3 Å². The third-order valence-electron chi connectivity index (χ3n) is 5.42. The molecule has 0 unspecified atom stereocenters. The third kappa shape index (κ3) is 6.80. The molecule has 4 rings (SSSR count). The van der Waals surface area contributed by atoms with Gasteiger partial charge in [0.05, 0.1) is 11.2 Å². The maximum absolute atomic E-state index is 12.9. The molecule has 7 nitrogen and oxygen atoms in total. The fourth-order valence-corrected chi connectivity index (χ4v) is 3.86. The second kappa shape index (κ2) is 11.5. The Morgan fingerprint density at radius 1 is 1.03 bits per heavy atom. The van der Waals surface area contributed by atoms with E-state index in [2.05, 4.69) is 20.7 Å². The molecule has 0 saturated carbocycles. The number of nitrogens with zero attached hydrogens (tertiary/aromatic N) is 2. The van der Waals surface area contributed by atoms with Crippen LogP contribution in [0.15, 0.2) is 71.8 Å². The van der Waals surface area contributed by atoms with Gasteiger partial charge in [-0.3, -0.25) is 9.59 Å². The van der Waals surface area contributed by atoms with Crippen molar-refractivity contribution < 1.29 is 18.7 Å². The van der Waals surface area contributed by atoms with Gasteiger partial charge in [-0.2, -0.15) is 5.10 Å². The molecule has 1 saturated heterocycles. The molecule has 35 heavy (non-hydrogen) atoms. The fraction of sp³-hybridized carbons (Fsp3) is 0.192. The molecule has 0 radical (unpaired) electrons. The minimum Gasteiger partial charge on any atom is -0.482 e. The van der Waals surface area contributed by atoms with E-state index < -0.39 is 5.91 Å². The molecule has 0 aliphatic carbocycles. The molecule has 1 heterocycles. The van der Waals surface area contributed by atoms with Gasteiger partial charge in [-0.05, 0) is 85.1 Å². The number of halogens is 2. The van der Waals surface area contributed by atoms with E-state index in [4.69, 9.17) is 16.3 Å². The van der Waals surface area contributed by atoms with Crippen LogP contribution in [0.4, 0.5) is 15.8 Å². The molecule has 2 amide bonds. The van der Waals surface area contributed by atoms with Crippen molar-refractivity contribution in [3.05, 3.63) is 88.7 Å². The summed E-state index contributed by atoms with van der Waals surface area (Å²) in [5.41, 5.74) is 5.24. The van der Waals surface area contributed by atoms with Crippen molar-refractivity contribution in [3.8, 4) is 5.75 Å². The first-order valence-corrected chi connectivity index (χ1v) is 11.5. The average Bonchev–Trinajstić information content (AvgIpc) is 3.40. The Balaban J connectivity index is 1.26. The number of hydrazone groups is 1. The van der Waals surface area contributed by atoms with Gasteiger partial charge in [0.25, 0.3) is 11.8 Å². The Morgan fingerprint density at radius 2 is 1.74 bits per heavy atom. The number of ether oxygens (including phenoxy) is 1. The second-order valence-electron chi connectivity index (χ2n) is 7.97. The maximum atomic E-state index is 12.9. The topological polar surface area (TPSA) is 83.0 Å². The lowest BCUT2D eigenvalue weighted by Crippen LogP contribution is -2.20. The predicted molar refractivity (Wildman–Crippen MR) is 135 cm³/mol. The Labute approximate surface area is 207 Å². The van der Waals surface area contributed by atoms with E-state index >= 15 is 0 Å². The zero-order chi connectivity index (χ0) is 24.6. The first-order valence-electron chi connectivity index (χ1n) is 11.1. The van der Waals surface area contributed by atoms with Crippen LogP contribution in [0.2, 0.25) is 5.02 Å². The Hall–Kier alpha value is -3.91. The third-order valence-corrected chi connectivity index (χ3v) is 5.72. The monoisotopic (exact) mass is 494 g/mol. The number of carbonyl (C=O) groups is 2. The minimum atomic E-state index is -0.408. The first-order chi connectivity index (χ1) is 17.0. The van der Waals surface area contributed by atoms with Crippen LogP contribution in [-0.4, -0.2) is 37.7 Å². The maximum Gasteiger partial charge on any atom is 0.271 e. The van der Waals surface area contributed by atoms with E-state index in [0.717, 1.165) is 18.8 Å². The summed E-state index contributed by atoms with van der Waals surface area (Å²) in [5.74, 6) is -0.789. The van der Waals surface area contributed by atoms with Crippen molar-refractivity contribution >= 4 is 41.0 Å². The molecule has 0 aromatic heterocycles. The number of amides is 2. The molecule has 180 valence electrons. The van der Waals surface area contributed by atoms with Crippen LogP contribution in [0, 0.1) is 5.82 Å². The highest BCUT2D eigenvalue weighted by Crippen LogP contribution is 2.25. The van der Waals surface area contributed by atoms with Crippen LogP contribution in [0.5, 0.6) is 5.75 Å². The van der Waals surface area contributed by atoms with Crippen molar-refractivity contribution in [2.45, 2.75) is 12.8 Å². The molecule has 1 aliphatic rings. The molecule has 2 N–H and O–H groups in total. The highest BCUT2D eigenvalue weighted by atomic mass is 35.5. The molecule has 0 atom stereocenters. The smallest absolute Gasteiger partial charge is 0.271 e. The SMILES string of the molecule is O=C(COc1ccc(/C=N\NC(=O)c2ccc(N3CCCC3)cc2)cc1Cl)Nc1ccc(F)cc1. The van der Waals surface area contributed by atoms with Gasteiger partial charge in [-0.25, -0.2) is 9.82 Å².